The molecule has 1 rings (SSSR count). The van der Waals surface area contributed by atoms with Crippen LogP contribution in [0.1, 0.15) is 13.3 Å². The zero-order valence-corrected chi connectivity index (χ0v) is 11.1. The van der Waals surface area contributed by atoms with Gasteiger partial charge in [0.15, 0.2) is 0 Å². The molecule has 0 radical (unpaired) electrons. The van der Waals surface area contributed by atoms with Crippen LogP contribution in [-0.4, -0.2) is 59.6 Å². The summed E-state index contributed by atoms with van der Waals surface area (Å²) < 4.78 is 0. The summed E-state index contributed by atoms with van der Waals surface area (Å²) in [4.78, 5) is 35.7. The van der Waals surface area contributed by atoms with E-state index in [4.69, 9.17) is 10.2 Å². The maximum absolute atomic E-state index is 12.1. The van der Waals surface area contributed by atoms with Gasteiger partial charge in [-0.05, 0) is 13.5 Å². The number of nitrogens with one attached hydrogen (secondary N) is 1. The van der Waals surface area contributed by atoms with Gasteiger partial charge in [-0.1, -0.05) is 6.92 Å². The van der Waals surface area contributed by atoms with Gasteiger partial charge in [-0.25, -0.2) is 0 Å². The first kappa shape index (κ1) is 15.4. The molecule has 0 aromatic carbocycles. The summed E-state index contributed by atoms with van der Waals surface area (Å²) in [6.45, 7) is 2.54. The number of amides is 1. The molecule has 3 unspecified atom stereocenters. The van der Waals surface area contributed by atoms with E-state index in [1.165, 1.54) is 4.90 Å². The molecule has 0 aromatic rings. The normalized spacial score (nSPS) is 24.8. The van der Waals surface area contributed by atoms with Gasteiger partial charge in [0, 0.05) is 25.6 Å². The molecule has 3 N–H and O–H groups in total. The van der Waals surface area contributed by atoms with Crippen molar-refractivity contribution in [2.45, 2.75) is 13.3 Å². The van der Waals surface area contributed by atoms with Crippen LogP contribution in [-0.2, 0) is 14.4 Å². The highest BCUT2D eigenvalue weighted by atomic mass is 16.4. The lowest BCUT2D eigenvalue weighted by Gasteiger charge is -2.35. The van der Waals surface area contributed by atoms with Crippen molar-refractivity contribution in [1.29, 1.82) is 0 Å². The molecule has 0 aliphatic carbocycles. The topological polar surface area (TPSA) is 107 Å². The molecule has 1 saturated heterocycles. The number of nitrogens with zero attached hydrogens (tertiary/aromatic N) is 1. The second kappa shape index (κ2) is 6.51. The molecule has 0 bridgehead atoms. The third-order valence-corrected chi connectivity index (χ3v) is 3.49. The van der Waals surface area contributed by atoms with Crippen molar-refractivity contribution in [2.75, 3.05) is 26.7 Å². The molecule has 3 atom stereocenters. The number of carboxylic acids is 2. The van der Waals surface area contributed by atoms with Crippen LogP contribution in [0.4, 0.5) is 0 Å². The molecule has 19 heavy (non-hydrogen) atoms. The number of hydrogen-bond acceptors (Lipinski definition) is 4. The molecule has 0 saturated carbocycles. The highest BCUT2D eigenvalue weighted by Gasteiger charge is 2.40. The number of piperidine rings is 1. The van der Waals surface area contributed by atoms with E-state index in [1.807, 2.05) is 0 Å². The van der Waals surface area contributed by atoms with Gasteiger partial charge in [0.1, 0.15) is 0 Å². The van der Waals surface area contributed by atoms with Crippen LogP contribution in [0.2, 0.25) is 0 Å². The minimum atomic E-state index is -1.16. The Balaban J connectivity index is 2.74. The number of carbonyl (C=O) groups excluding carboxylic acids is 1. The number of carboxylic acid groups (broad SMARTS) is 2. The second-order valence-electron chi connectivity index (χ2n) is 4.92. The highest BCUT2D eigenvalue weighted by Crippen LogP contribution is 2.25. The average Bonchev–Trinajstić information content (AvgIpc) is 2.37. The third kappa shape index (κ3) is 3.66. The van der Waals surface area contributed by atoms with Crippen LogP contribution in [0.5, 0.6) is 0 Å². The van der Waals surface area contributed by atoms with Gasteiger partial charge in [0.25, 0.3) is 0 Å². The van der Waals surface area contributed by atoms with E-state index in [2.05, 4.69) is 5.32 Å². The van der Waals surface area contributed by atoms with Crippen molar-refractivity contribution in [3.8, 4) is 0 Å². The van der Waals surface area contributed by atoms with Crippen LogP contribution in [0.15, 0.2) is 0 Å². The molecule has 7 heteroatoms. The zero-order chi connectivity index (χ0) is 14.6. The van der Waals surface area contributed by atoms with Crippen molar-refractivity contribution < 1.29 is 24.6 Å². The van der Waals surface area contributed by atoms with Gasteiger partial charge in [0.05, 0.1) is 11.8 Å². The second-order valence-corrected chi connectivity index (χ2v) is 4.92. The Bertz CT molecular complexity index is 371. The molecule has 108 valence electrons. The number of likely N-dealkylation sites (tertiary alicyclic amines) is 1. The summed E-state index contributed by atoms with van der Waals surface area (Å²) in [6.07, 6.45) is 0.185. The van der Waals surface area contributed by atoms with Gasteiger partial charge < -0.3 is 20.4 Å². The first-order chi connectivity index (χ1) is 8.88. The first-order valence-corrected chi connectivity index (χ1v) is 6.27. The molecule has 1 amide bonds. The molecule has 1 heterocycles. The summed E-state index contributed by atoms with van der Waals surface area (Å²) in [5.74, 6) is -4.60. The molecular formula is C12H20N2O5. The van der Waals surface area contributed by atoms with Crippen LogP contribution < -0.4 is 5.32 Å². The van der Waals surface area contributed by atoms with Crippen molar-refractivity contribution in [3.63, 3.8) is 0 Å². The average molecular weight is 272 g/mol. The lowest BCUT2D eigenvalue weighted by Crippen LogP contribution is -2.50. The Morgan fingerprint density at radius 3 is 2.32 bits per heavy atom. The van der Waals surface area contributed by atoms with E-state index in [0.29, 0.717) is 13.1 Å². The van der Waals surface area contributed by atoms with Crippen molar-refractivity contribution in [2.24, 2.45) is 17.8 Å². The predicted molar refractivity (Wildman–Crippen MR) is 66.5 cm³/mol. The van der Waals surface area contributed by atoms with E-state index in [-0.39, 0.29) is 24.8 Å². The summed E-state index contributed by atoms with van der Waals surface area (Å²) >= 11 is 0. The zero-order valence-electron chi connectivity index (χ0n) is 11.1. The van der Waals surface area contributed by atoms with Crippen LogP contribution >= 0.6 is 0 Å². The molecule has 1 aliphatic rings. The highest BCUT2D eigenvalue weighted by molar-refractivity contribution is 5.83. The smallest absolute Gasteiger partial charge is 0.309 e. The van der Waals surface area contributed by atoms with E-state index in [9.17, 15) is 14.4 Å². The molecule has 0 spiro atoms. The van der Waals surface area contributed by atoms with E-state index >= 15 is 0 Å². The van der Waals surface area contributed by atoms with Crippen LogP contribution in [0.25, 0.3) is 0 Å². The molecular weight excluding hydrogens is 252 g/mol. The summed E-state index contributed by atoms with van der Waals surface area (Å²) in [6, 6.07) is 0. The van der Waals surface area contributed by atoms with Gasteiger partial charge in [-0.2, -0.15) is 0 Å². The van der Waals surface area contributed by atoms with Crippen molar-refractivity contribution in [3.05, 3.63) is 0 Å². The summed E-state index contributed by atoms with van der Waals surface area (Å²) in [7, 11) is 1.74. The maximum atomic E-state index is 12.1. The van der Waals surface area contributed by atoms with E-state index in [1.54, 1.807) is 14.0 Å². The van der Waals surface area contributed by atoms with Gasteiger partial charge in [0.2, 0.25) is 5.91 Å². The number of hydrogen-bond donors (Lipinski definition) is 3. The van der Waals surface area contributed by atoms with Gasteiger partial charge in [-0.3, -0.25) is 14.4 Å². The van der Waals surface area contributed by atoms with E-state index < -0.39 is 23.8 Å². The third-order valence-electron chi connectivity index (χ3n) is 3.49. The lowest BCUT2D eigenvalue weighted by atomic mass is 9.85. The van der Waals surface area contributed by atoms with Crippen LogP contribution in [0.3, 0.4) is 0 Å². The quantitative estimate of drug-likeness (QED) is 0.621. The number of carbonyl (C=O) groups is 3. The predicted octanol–water partition coefficient (Wildman–Crippen LogP) is -0.524. The number of rotatable bonds is 5. The van der Waals surface area contributed by atoms with E-state index in [0.717, 1.165) is 0 Å². The lowest BCUT2D eigenvalue weighted by molar-refractivity contribution is -0.159. The van der Waals surface area contributed by atoms with Gasteiger partial charge >= 0.3 is 11.9 Å². The van der Waals surface area contributed by atoms with Gasteiger partial charge in [-0.15, -0.1) is 0 Å². The summed E-state index contributed by atoms with van der Waals surface area (Å²) in [5.41, 5.74) is 0. The summed E-state index contributed by atoms with van der Waals surface area (Å²) in [5, 5.41) is 21.0. The Hall–Kier alpha value is -1.63. The minimum Gasteiger partial charge on any atom is -0.481 e. The fourth-order valence-electron chi connectivity index (χ4n) is 2.40. The first-order valence-electron chi connectivity index (χ1n) is 6.27. The Morgan fingerprint density at radius 1 is 1.26 bits per heavy atom. The molecule has 1 fully saturated rings. The Kier molecular flexibility index (Phi) is 5.29. The standard InChI is InChI=1S/C12H20N2O5/c1-7(5-13-2)10(15)14-4-3-8(11(16)17)9(6-14)12(18)19/h7-9,13H,3-6H2,1-2H3,(H,16,17)(H,18,19). The Morgan fingerprint density at radius 2 is 1.84 bits per heavy atom. The fraction of sp³-hybridized carbons (Fsp3) is 0.750. The molecule has 1 aliphatic heterocycles. The Labute approximate surface area is 111 Å². The monoisotopic (exact) mass is 272 g/mol. The molecule has 7 nitrogen and oxygen atoms in total. The van der Waals surface area contributed by atoms with Crippen molar-refractivity contribution >= 4 is 17.8 Å². The molecule has 0 aromatic heterocycles. The maximum Gasteiger partial charge on any atom is 0.309 e. The largest absolute Gasteiger partial charge is 0.481 e. The SMILES string of the molecule is CNCC(C)C(=O)N1CCC(C(=O)O)C(C(=O)O)C1. The number of aliphatic carboxylic acids is 2. The van der Waals surface area contributed by atoms with Crippen LogP contribution in [0, 0.1) is 17.8 Å². The fourth-order valence-corrected chi connectivity index (χ4v) is 2.40. The van der Waals surface area contributed by atoms with Crippen molar-refractivity contribution in [1.82, 2.24) is 10.2 Å². The minimum absolute atomic E-state index is 0.0286.